The molecule has 2 rings (SSSR count). The molecule has 1 aromatic heterocycles. The molecule has 7 nitrogen and oxygen atoms in total. The van der Waals surface area contributed by atoms with Crippen molar-refractivity contribution in [3.8, 4) is 5.75 Å². The Bertz CT molecular complexity index is 748. The monoisotopic (exact) mass is 515 g/mol. The molecule has 0 saturated carbocycles. The minimum absolute atomic E-state index is 0. The maximum absolute atomic E-state index is 5.91. The van der Waals surface area contributed by atoms with Crippen molar-refractivity contribution < 1.29 is 9.47 Å². The summed E-state index contributed by atoms with van der Waals surface area (Å²) in [5, 5.41) is 10.9. The fourth-order valence-corrected chi connectivity index (χ4v) is 2.67. The predicted molar refractivity (Wildman–Crippen MR) is 128 cm³/mol. The Morgan fingerprint density at radius 2 is 1.97 bits per heavy atom. The number of ether oxygens (including phenoxy) is 2. The van der Waals surface area contributed by atoms with Crippen LogP contribution in [0.15, 0.2) is 35.6 Å². The number of rotatable bonds is 11. The lowest BCUT2D eigenvalue weighted by molar-refractivity contribution is 0.110. The van der Waals surface area contributed by atoms with Crippen LogP contribution in [0.25, 0.3) is 0 Å². The molecule has 2 aromatic rings. The quantitative estimate of drug-likeness (QED) is 0.208. The average molecular weight is 515 g/mol. The maximum Gasteiger partial charge on any atom is 0.191 e. The number of hydrogen-bond acceptors (Lipinski definition) is 4. The lowest BCUT2D eigenvalue weighted by Gasteiger charge is -2.14. The Hall–Kier alpha value is -1.81. The number of nitrogens with zero attached hydrogens (tertiary/aromatic N) is 3. The van der Waals surface area contributed by atoms with Gasteiger partial charge in [-0.05, 0) is 44.9 Å². The van der Waals surface area contributed by atoms with E-state index in [1.807, 2.05) is 30.9 Å². The number of halogens is 1. The second kappa shape index (κ2) is 14.2. The number of hydrogen-bond donors (Lipinski definition) is 2. The standard InChI is InChI=1S/C21H33N5O2.HI/c1-5-22-21(23-9-10-26-16-18(4)14-25-26)24-15-19-8-7-17(3)13-20(19)28-12-11-27-6-2;/h7-8,13-14,16H,5-6,9-12,15H2,1-4H3,(H2,22,23,24);1H. The first kappa shape index (κ1) is 25.2. The van der Waals surface area contributed by atoms with Crippen LogP contribution in [0.3, 0.4) is 0 Å². The van der Waals surface area contributed by atoms with E-state index in [2.05, 4.69) is 47.8 Å². The van der Waals surface area contributed by atoms with Crippen molar-refractivity contribution >= 4 is 29.9 Å². The van der Waals surface area contributed by atoms with Gasteiger partial charge in [0.1, 0.15) is 12.4 Å². The zero-order chi connectivity index (χ0) is 20.2. The number of aromatic nitrogens is 2. The fraction of sp³-hybridized carbons (Fsp3) is 0.524. The molecule has 8 heteroatoms. The predicted octanol–water partition coefficient (Wildman–Crippen LogP) is 3.29. The van der Waals surface area contributed by atoms with Crippen molar-refractivity contribution in [1.82, 2.24) is 20.4 Å². The summed E-state index contributed by atoms with van der Waals surface area (Å²) >= 11 is 0. The summed E-state index contributed by atoms with van der Waals surface area (Å²) in [5.74, 6) is 1.65. The van der Waals surface area contributed by atoms with Crippen LogP contribution >= 0.6 is 24.0 Å². The van der Waals surface area contributed by atoms with Crippen molar-refractivity contribution in [2.45, 2.75) is 40.8 Å². The normalized spacial score (nSPS) is 11.1. The van der Waals surface area contributed by atoms with Gasteiger partial charge in [0.25, 0.3) is 0 Å². The van der Waals surface area contributed by atoms with Crippen LogP contribution in [0.4, 0.5) is 0 Å². The molecule has 2 N–H and O–H groups in total. The van der Waals surface area contributed by atoms with E-state index in [0.29, 0.717) is 26.4 Å². The average Bonchev–Trinajstić information content (AvgIpc) is 3.09. The van der Waals surface area contributed by atoms with Crippen molar-refractivity contribution in [1.29, 1.82) is 0 Å². The Balaban J connectivity index is 0.00000420. The molecular formula is C21H34IN5O2. The fourth-order valence-electron chi connectivity index (χ4n) is 2.67. The number of aliphatic imine (C=N–C) groups is 1. The molecule has 0 aliphatic rings. The van der Waals surface area contributed by atoms with Crippen molar-refractivity contribution in [2.75, 3.05) is 32.9 Å². The molecule has 162 valence electrons. The van der Waals surface area contributed by atoms with Gasteiger partial charge in [0.2, 0.25) is 0 Å². The van der Waals surface area contributed by atoms with E-state index in [1.54, 1.807) is 0 Å². The highest BCUT2D eigenvalue weighted by molar-refractivity contribution is 14.0. The van der Waals surface area contributed by atoms with E-state index in [1.165, 1.54) is 5.56 Å². The minimum Gasteiger partial charge on any atom is -0.491 e. The van der Waals surface area contributed by atoms with E-state index in [9.17, 15) is 0 Å². The summed E-state index contributed by atoms with van der Waals surface area (Å²) in [6.45, 7) is 12.8. The van der Waals surface area contributed by atoms with Crippen LogP contribution < -0.4 is 15.4 Å². The number of nitrogens with one attached hydrogen (secondary N) is 2. The SMILES string of the molecule is CCNC(=NCc1ccc(C)cc1OCCOCC)NCCn1cc(C)cn1.I. The topological polar surface area (TPSA) is 72.7 Å². The van der Waals surface area contributed by atoms with Gasteiger partial charge in [-0.25, -0.2) is 4.99 Å². The third-order valence-electron chi connectivity index (χ3n) is 4.06. The molecule has 1 aromatic carbocycles. The highest BCUT2D eigenvalue weighted by Gasteiger charge is 2.05. The maximum atomic E-state index is 5.91. The highest BCUT2D eigenvalue weighted by atomic mass is 127. The molecule has 0 unspecified atom stereocenters. The second-order valence-electron chi connectivity index (χ2n) is 6.56. The van der Waals surface area contributed by atoms with Gasteiger partial charge in [-0.15, -0.1) is 24.0 Å². The first-order valence-electron chi connectivity index (χ1n) is 9.93. The van der Waals surface area contributed by atoms with E-state index in [-0.39, 0.29) is 24.0 Å². The third-order valence-corrected chi connectivity index (χ3v) is 4.06. The van der Waals surface area contributed by atoms with E-state index < -0.39 is 0 Å². The zero-order valence-electron chi connectivity index (χ0n) is 17.9. The highest BCUT2D eigenvalue weighted by Crippen LogP contribution is 2.21. The van der Waals surface area contributed by atoms with Gasteiger partial charge < -0.3 is 20.1 Å². The lowest BCUT2D eigenvalue weighted by Crippen LogP contribution is -2.38. The van der Waals surface area contributed by atoms with Crippen molar-refractivity contribution in [2.24, 2.45) is 4.99 Å². The van der Waals surface area contributed by atoms with Gasteiger partial charge in [0.15, 0.2) is 5.96 Å². The summed E-state index contributed by atoms with van der Waals surface area (Å²) in [6, 6.07) is 6.21. The molecule has 29 heavy (non-hydrogen) atoms. The van der Waals surface area contributed by atoms with Crippen LogP contribution in [0.2, 0.25) is 0 Å². The molecule has 0 spiro atoms. The molecule has 0 aliphatic carbocycles. The summed E-state index contributed by atoms with van der Waals surface area (Å²) in [4.78, 5) is 4.71. The van der Waals surface area contributed by atoms with Gasteiger partial charge in [0, 0.05) is 31.5 Å². The molecule has 0 aliphatic heterocycles. The van der Waals surface area contributed by atoms with Crippen LogP contribution in [-0.2, 0) is 17.8 Å². The smallest absolute Gasteiger partial charge is 0.191 e. The van der Waals surface area contributed by atoms with Gasteiger partial charge in [-0.2, -0.15) is 5.10 Å². The number of aryl methyl sites for hydroxylation is 2. The molecule has 0 amide bonds. The zero-order valence-corrected chi connectivity index (χ0v) is 20.2. The number of benzene rings is 1. The van der Waals surface area contributed by atoms with Gasteiger partial charge in [0.05, 0.1) is 25.9 Å². The van der Waals surface area contributed by atoms with E-state index in [4.69, 9.17) is 14.5 Å². The number of guanidine groups is 1. The summed E-state index contributed by atoms with van der Waals surface area (Å²) < 4.78 is 13.2. The van der Waals surface area contributed by atoms with Gasteiger partial charge in [-0.1, -0.05) is 12.1 Å². The minimum atomic E-state index is 0. The third kappa shape index (κ3) is 9.49. The molecule has 1 heterocycles. The lowest BCUT2D eigenvalue weighted by atomic mass is 10.1. The molecule has 0 saturated heterocycles. The van der Waals surface area contributed by atoms with Crippen LogP contribution in [0.1, 0.15) is 30.5 Å². The van der Waals surface area contributed by atoms with Gasteiger partial charge >= 0.3 is 0 Å². The molecule has 0 radical (unpaired) electrons. The summed E-state index contributed by atoms with van der Waals surface area (Å²) in [6.07, 6.45) is 3.90. The van der Waals surface area contributed by atoms with Crippen LogP contribution in [0.5, 0.6) is 5.75 Å². The summed E-state index contributed by atoms with van der Waals surface area (Å²) in [5.41, 5.74) is 3.39. The van der Waals surface area contributed by atoms with Crippen molar-refractivity contribution in [3.05, 3.63) is 47.3 Å². The Labute approximate surface area is 191 Å². The van der Waals surface area contributed by atoms with Crippen molar-refractivity contribution in [3.63, 3.8) is 0 Å². The largest absolute Gasteiger partial charge is 0.491 e. The Kier molecular flexibility index (Phi) is 12.4. The van der Waals surface area contributed by atoms with Crippen LogP contribution in [-0.4, -0.2) is 48.7 Å². The van der Waals surface area contributed by atoms with E-state index >= 15 is 0 Å². The van der Waals surface area contributed by atoms with Crippen LogP contribution in [0, 0.1) is 13.8 Å². The molecular weight excluding hydrogens is 481 g/mol. The first-order valence-corrected chi connectivity index (χ1v) is 9.93. The summed E-state index contributed by atoms with van der Waals surface area (Å²) in [7, 11) is 0. The Morgan fingerprint density at radius 1 is 1.14 bits per heavy atom. The molecule has 0 atom stereocenters. The molecule has 0 fully saturated rings. The molecule has 0 bridgehead atoms. The van der Waals surface area contributed by atoms with Gasteiger partial charge in [-0.3, -0.25) is 4.68 Å². The second-order valence-corrected chi connectivity index (χ2v) is 6.56. The first-order chi connectivity index (χ1) is 13.6. The Morgan fingerprint density at radius 3 is 2.66 bits per heavy atom. The van der Waals surface area contributed by atoms with E-state index in [0.717, 1.165) is 42.5 Å².